The summed E-state index contributed by atoms with van der Waals surface area (Å²) in [5, 5.41) is 3.38. The molecular weight excluding hydrogens is 452 g/mol. The van der Waals surface area contributed by atoms with Crippen LogP contribution in [-0.2, 0) is 14.8 Å². The minimum Gasteiger partial charge on any atom is -0.493 e. The average molecular weight is 481 g/mol. The predicted molar refractivity (Wildman–Crippen MR) is 125 cm³/mol. The molecule has 3 rings (SSSR count). The fourth-order valence-electron chi connectivity index (χ4n) is 3.86. The molecule has 174 valence electrons. The maximum Gasteiger partial charge on any atom is 0.264 e. The van der Waals surface area contributed by atoms with Crippen molar-refractivity contribution in [2.24, 2.45) is 5.92 Å². The van der Waals surface area contributed by atoms with Gasteiger partial charge in [0, 0.05) is 17.6 Å². The number of halogens is 1. The van der Waals surface area contributed by atoms with Crippen molar-refractivity contribution in [1.29, 1.82) is 0 Å². The number of nitrogens with one attached hydrogen (secondary N) is 1. The molecule has 9 heteroatoms. The van der Waals surface area contributed by atoms with Gasteiger partial charge in [-0.1, -0.05) is 30.9 Å². The van der Waals surface area contributed by atoms with E-state index in [2.05, 4.69) is 5.32 Å². The molecular formula is C23H29ClN2O5S. The van der Waals surface area contributed by atoms with Crippen molar-refractivity contribution < 1.29 is 22.7 Å². The van der Waals surface area contributed by atoms with Gasteiger partial charge in [0.05, 0.1) is 24.8 Å². The summed E-state index contributed by atoms with van der Waals surface area (Å²) in [7, 11) is -1.16. The van der Waals surface area contributed by atoms with Crippen LogP contribution in [0.15, 0.2) is 47.4 Å². The van der Waals surface area contributed by atoms with Crippen LogP contribution >= 0.6 is 11.6 Å². The van der Waals surface area contributed by atoms with Gasteiger partial charge in [0.1, 0.15) is 6.54 Å². The normalized spacial score (nSPS) is 14.6. The minimum atomic E-state index is -4.07. The van der Waals surface area contributed by atoms with Gasteiger partial charge >= 0.3 is 0 Å². The monoisotopic (exact) mass is 480 g/mol. The van der Waals surface area contributed by atoms with Gasteiger partial charge in [0.25, 0.3) is 10.0 Å². The van der Waals surface area contributed by atoms with Gasteiger partial charge in [-0.15, -0.1) is 0 Å². The number of anilines is 1. The number of methoxy groups -OCH3 is 2. The molecule has 1 aliphatic carbocycles. The summed E-state index contributed by atoms with van der Waals surface area (Å²) < 4.78 is 38.6. The summed E-state index contributed by atoms with van der Waals surface area (Å²) in [5.74, 6) is 0.787. The zero-order valence-corrected chi connectivity index (χ0v) is 19.9. The predicted octanol–water partition coefficient (Wildman–Crippen LogP) is 4.25. The van der Waals surface area contributed by atoms with Crippen LogP contribution in [0.4, 0.5) is 5.69 Å². The van der Waals surface area contributed by atoms with Crippen LogP contribution in [-0.4, -0.2) is 41.6 Å². The first-order chi connectivity index (χ1) is 15.3. The number of amides is 1. The molecule has 0 bridgehead atoms. The van der Waals surface area contributed by atoms with E-state index in [0.29, 0.717) is 28.9 Å². The van der Waals surface area contributed by atoms with Crippen molar-refractivity contribution >= 4 is 33.2 Å². The van der Waals surface area contributed by atoms with Crippen LogP contribution in [0, 0.1) is 5.92 Å². The van der Waals surface area contributed by atoms with Crippen LogP contribution in [0.3, 0.4) is 0 Å². The van der Waals surface area contributed by atoms with Gasteiger partial charge in [-0.05, 0) is 55.2 Å². The molecule has 2 aromatic carbocycles. The zero-order chi connectivity index (χ0) is 23.1. The van der Waals surface area contributed by atoms with Gasteiger partial charge in [0.2, 0.25) is 5.91 Å². The molecule has 0 aromatic heterocycles. The SMILES string of the molecule is COc1ccc(S(=O)(=O)N(CC(=O)NCC2CCCCC2)c2ccc(Cl)cc2)cc1OC. The molecule has 0 saturated heterocycles. The van der Waals surface area contributed by atoms with Crippen LogP contribution in [0.1, 0.15) is 32.1 Å². The van der Waals surface area contributed by atoms with E-state index in [-0.39, 0.29) is 23.1 Å². The maximum absolute atomic E-state index is 13.5. The van der Waals surface area contributed by atoms with Crippen LogP contribution < -0.4 is 19.1 Å². The Morgan fingerprint density at radius 1 is 1.03 bits per heavy atom. The van der Waals surface area contributed by atoms with Crippen molar-refractivity contribution in [3.8, 4) is 11.5 Å². The highest BCUT2D eigenvalue weighted by Gasteiger charge is 2.28. The Hall–Kier alpha value is -2.45. The third kappa shape index (κ3) is 5.86. The molecule has 0 spiro atoms. The quantitative estimate of drug-likeness (QED) is 0.580. The molecule has 1 fully saturated rings. The number of carbonyl (C=O) groups excluding carboxylic acids is 1. The van der Waals surface area contributed by atoms with E-state index in [0.717, 1.165) is 17.1 Å². The lowest BCUT2D eigenvalue weighted by atomic mass is 9.89. The first-order valence-electron chi connectivity index (χ1n) is 10.6. The highest BCUT2D eigenvalue weighted by atomic mass is 35.5. The number of carbonyl (C=O) groups is 1. The van der Waals surface area contributed by atoms with E-state index in [4.69, 9.17) is 21.1 Å². The third-order valence-corrected chi connectivity index (χ3v) is 7.68. The Labute approximate surface area is 194 Å². The van der Waals surface area contributed by atoms with Gasteiger partial charge < -0.3 is 14.8 Å². The molecule has 32 heavy (non-hydrogen) atoms. The molecule has 7 nitrogen and oxygen atoms in total. The molecule has 0 unspecified atom stereocenters. The second-order valence-corrected chi connectivity index (χ2v) is 10.1. The zero-order valence-electron chi connectivity index (χ0n) is 18.3. The second kappa shape index (κ2) is 10.9. The topological polar surface area (TPSA) is 84.9 Å². The summed E-state index contributed by atoms with van der Waals surface area (Å²) in [6.45, 7) is 0.217. The van der Waals surface area contributed by atoms with E-state index in [9.17, 15) is 13.2 Å². The Kier molecular flexibility index (Phi) is 8.26. The van der Waals surface area contributed by atoms with Crippen LogP contribution in [0.5, 0.6) is 11.5 Å². The fourth-order valence-corrected chi connectivity index (χ4v) is 5.43. The summed E-state index contributed by atoms with van der Waals surface area (Å²) in [6.07, 6.45) is 5.75. The number of sulfonamides is 1. The van der Waals surface area contributed by atoms with Gasteiger partial charge in [-0.3, -0.25) is 9.10 Å². The van der Waals surface area contributed by atoms with Crippen molar-refractivity contribution in [2.75, 3.05) is 31.6 Å². The standard InChI is InChI=1S/C23H29ClN2O5S/c1-30-21-13-12-20(14-22(21)31-2)32(28,29)26(19-10-8-18(24)9-11-19)16-23(27)25-15-17-6-4-3-5-7-17/h8-14,17H,3-7,15-16H2,1-2H3,(H,25,27). The lowest BCUT2D eigenvalue weighted by Crippen LogP contribution is -2.42. The van der Waals surface area contributed by atoms with Gasteiger partial charge in [-0.2, -0.15) is 0 Å². The van der Waals surface area contributed by atoms with Crippen LogP contribution in [0.25, 0.3) is 0 Å². The minimum absolute atomic E-state index is 0.00909. The van der Waals surface area contributed by atoms with Crippen molar-refractivity contribution in [3.05, 3.63) is 47.5 Å². The number of hydrogen-bond donors (Lipinski definition) is 1. The van der Waals surface area contributed by atoms with E-state index in [1.165, 1.54) is 51.7 Å². The summed E-state index contributed by atoms with van der Waals surface area (Å²) in [5.41, 5.74) is 0.344. The summed E-state index contributed by atoms with van der Waals surface area (Å²) in [6, 6.07) is 10.7. The Morgan fingerprint density at radius 2 is 1.69 bits per heavy atom. The smallest absolute Gasteiger partial charge is 0.264 e. The van der Waals surface area contributed by atoms with Crippen molar-refractivity contribution in [3.63, 3.8) is 0 Å². The Bertz CT molecular complexity index is 1020. The summed E-state index contributed by atoms with van der Waals surface area (Å²) >= 11 is 5.98. The molecule has 1 saturated carbocycles. The molecule has 1 aliphatic rings. The largest absolute Gasteiger partial charge is 0.493 e. The van der Waals surface area contributed by atoms with Crippen molar-refractivity contribution in [1.82, 2.24) is 5.32 Å². The van der Waals surface area contributed by atoms with Gasteiger partial charge in [0.15, 0.2) is 11.5 Å². The molecule has 1 amide bonds. The number of ether oxygens (including phenoxy) is 2. The number of hydrogen-bond acceptors (Lipinski definition) is 5. The summed E-state index contributed by atoms with van der Waals surface area (Å²) in [4.78, 5) is 12.7. The molecule has 2 aromatic rings. The van der Waals surface area contributed by atoms with Crippen molar-refractivity contribution in [2.45, 2.75) is 37.0 Å². The third-order valence-electron chi connectivity index (χ3n) is 5.66. The lowest BCUT2D eigenvalue weighted by molar-refractivity contribution is -0.119. The number of nitrogens with zero attached hydrogens (tertiary/aromatic N) is 1. The van der Waals surface area contributed by atoms with E-state index >= 15 is 0 Å². The Balaban J connectivity index is 1.86. The Morgan fingerprint density at radius 3 is 2.31 bits per heavy atom. The highest BCUT2D eigenvalue weighted by Crippen LogP contribution is 2.32. The first-order valence-corrected chi connectivity index (χ1v) is 12.4. The molecule has 0 atom stereocenters. The lowest BCUT2D eigenvalue weighted by Gasteiger charge is -2.26. The van der Waals surface area contributed by atoms with Crippen LogP contribution in [0.2, 0.25) is 5.02 Å². The van der Waals surface area contributed by atoms with E-state index < -0.39 is 10.0 Å². The number of benzene rings is 2. The average Bonchev–Trinajstić information content (AvgIpc) is 2.82. The molecule has 0 radical (unpaired) electrons. The number of rotatable bonds is 9. The maximum atomic E-state index is 13.5. The first kappa shape index (κ1) is 24.2. The molecule has 0 heterocycles. The molecule has 0 aliphatic heterocycles. The van der Waals surface area contributed by atoms with Gasteiger partial charge in [-0.25, -0.2) is 8.42 Å². The molecule has 1 N–H and O–H groups in total. The highest BCUT2D eigenvalue weighted by molar-refractivity contribution is 7.92. The fraction of sp³-hybridized carbons (Fsp3) is 0.435. The van der Waals surface area contributed by atoms with E-state index in [1.807, 2.05) is 0 Å². The second-order valence-electron chi connectivity index (χ2n) is 7.81. The van der Waals surface area contributed by atoms with E-state index in [1.54, 1.807) is 24.3 Å².